The van der Waals surface area contributed by atoms with E-state index in [0.717, 1.165) is 16.8 Å². The molecule has 2 atom stereocenters. The third-order valence-corrected chi connectivity index (χ3v) is 3.24. The zero-order valence-corrected chi connectivity index (χ0v) is 9.00. The zero-order chi connectivity index (χ0) is 9.26. The lowest BCUT2D eigenvalue weighted by atomic mass is 10.1. The van der Waals surface area contributed by atoms with Crippen LogP contribution in [-0.4, -0.2) is 11.7 Å². The normalized spacial score (nSPS) is 26.0. The van der Waals surface area contributed by atoms with E-state index in [1.54, 1.807) is 0 Å². The van der Waals surface area contributed by atoms with E-state index >= 15 is 0 Å². The van der Waals surface area contributed by atoms with E-state index in [9.17, 15) is 0 Å². The summed E-state index contributed by atoms with van der Waals surface area (Å²) in [6, 6.07) is 8.45. The standard InChI is InChI=1S/C11H13BrO/c12-11-3-1-8(2-4-11)5-9-6-10(9)7-13/h1-4,9-10,13H,5-7H2/t9-,10+/m1/s1. The van der Waals surface area contributed by atoms with Gasteiger partial charge in [0, 0.05) is 11.1 Å². The highest BCUT2D eigenvalue weighted by molar-refractivity contribution is 9.10. The molecule has 0 aliphatic heterocycles. The van der Waals surface area contributed by atoms with Crippen LogP contribution in [0, 0.1) is 11.8 Å². The Morgan fingerprint density at radius 2 is 1.92 bits per heavy atom. The highest BCUT2D eigenvalue weighted by atomic mass is 79.9. The lowest BCUT2D eigenvalue weighted by molar-refractivity contribution is 0.268. The maximum atomic E-state index is 8.89. The quantitative estimate of drug-likeness (QED) is 0.862. The Bertz CT molecular complexity index is 281. The first-order valence-corrected chi connectivity index (χ1v) is 5.44. The minimum Gasteiger partial charge on any atom is -0.396 e. The number of aliphatic hydroxyl groups excluding tert-OH is 1. The number of aliphatic hydroxyl groups is 1. The Kier molecular flexibility index (Phi) is 2.70. The molecule has 2 rings (SSSR count). The molecule has 0 aromatic heterocycles. The molecule has 0 saturated heterocycles. The highest BCUT2D eigenvalue weighted by Gasteiger charge is 2.35. The van der Waals surface area contributed by atoms with Gasteiger partial charge < -0.3 is 5.11 Å². The molecule has 70 valence electrons. The molecule has 0 unspecified atom stereocenters. The lowest BCUT2D eigenvalue weighted by Crippen LogP contribution is -1.92. The molecule has 1 fully saturated rings. The van der Waals surface area contributed by atoms with E-state index in [-0.39, 0.29) is 0 Å². The smallest absolute Gasteiger partial charge is 0.0462 e. The molecule has 1 aromatic carbocycles. The van der Waals surface area contributed by atoms with E-state index in [0.29, 0.717) is 12.5 Å². The van der Waals surface area contributed by atoms with Crippen molar-refractivity contribution in [3.63, 3.8) is 0 Å². The van der Waals surface area contributed by atoms with Gasteiger partial charge in [0.25, 0.3) is 0 Å². The first kappa shape index (κ1) is 9.22. The van der Waals surface area contributed by atoms with E-state index in [2.05, 4.69) is 40.2 Å². The Balaban J connectivity index is 1.92. The fourth-order valence-electron chi connectivity index (χ4n) is 1.71. The molecule has 1 N–H and O–H groups in total. The summed E-state index contributed by atoms with van der Waals surface area (Å²) in [5.41, 5.74) is 1.38. The average molecular weight is 241 g/mol. The molecule has 0 spiro atoms. The van der Waals surface area contributed by atoms with Gasteiger partial charge in [-0.3, -0.25) is 0 Å². The molecule has 0 bridgehead atoms. The molecular formula is C11H13BrO. The van der Waals surface area contributed by atoms with Crippen molar-refractivity contribution in [1.82, 2.24) is 0 Å². The molecule has 0 radical (unpaired) electrons. The van der Waals surface area contributed by atoms with Gasteiger partial charge in [0.1, 0.15) is 0 Å². The molecule has 1 aromatic rings. The Morgan fingerprint density at radius 3 is 2.46 bits per heavy atom. The summed E-state index contributed by atoms with van der Waals surface area (Å²) in [6.07, 6.45) is 2.32. The van der Waals surface area contributed by atoms with Crippen LogP contribution >= 0.6 is 15.9 Å². The third-order valence-electron chi connectivity index (χ3n) is 2.71. The van der Waals surface area contributed by atoms with Gasteiger partial charge in [0.05, 0.1) is 0 Å². The van der Waals surface area contributed by atoms with E-state index in [4.69, 9.17) is 5.11 Å². The molecule has 1 nitrogen and oxygen atoms in total. The SMILES string of the molecule is OC[C@@H]1C[C@H]1Cc1ccc(Br)cc1. The molecule has 1 aliphatic rings. The van der Waals surface area contributed by atoms with Crippen LogP contribution in [-0.2, 0) is 6.42 Å². The van der Waals surface area contributed by atoms with Crippen molar-refractivity contribution in [3.8, 4) is 0 Å². The predicted octanol–water partition coefficient (Wildman–Crippen LogP) is 2.62. The summed E-state index contributed by atoms with van der Waals surface area (Å²) in [5.74, 6) is 1.30. The van der Waals surface area contributed by atoms with Crippen LogP contribution in [0.25, 0.3) is 0 Å². The van der Waals surface area contributed by atoms with Crippen LogP contribution in [0.2, 0.25) is 0 Å². The van der Waals surface area contributed by atoms with Gasteiger partial charge in [0.2, 0.25) is 0 Å². The molecule has 13 heavy (non-hydrogen) atoms. The van der Waals surface area contributed by atoms with Gasteiger partial charge in [0.15, 0.2) is 0 Å². The second kappa shape index (κ2) is 3.81. The second-order valence-corrected chi connectivity index (χ2v) is 4.68. The number of hydrogen-bond donors (Lipinski definition) is 1. The molecule has 0 heterocycles. The molecule has 1 saturated carbocycles. The molecular weight excluding hydrogens is 228 g/mol. The average Bonchev–Trinajstić information content (AvgIpc) is 2.88. The first-order valence-electron chi connectivity index (χ1n) is 4.65. The fraction of sp³-hybridized carbons (Fsp3) is 0.455. The summed E-state index contributed by atoms with van der Waals surface area (Å²) in [5, 5.41) is 8.89. The van der Waals surface area contributed by atoms with Crippen molar-refractivity contribution in [2.45, 2.75) is 12.8 Å². The third kappa shape index (κ3) is 2.32. The van der Waals surface area contributed by atoms with Crippen LogP contribution < -0.4 is 0 Å². The summed E-state index contributed by atoms with van der Waals surface area (Å²) in [4.78, 5) is 0. The fourth-order valence-corrected chi connectivity index (χ4v) is 1.97. The van der Waals surface area contributed by atoms with Gasteiger partial charge in [-0.15, -0.1) is 0 Å². The monoisotopic (exact) mass is 240 g/mol. The minimum atomic E-state index is 0.362. The maximum absolute atomic E-state index is 8.89. The van der Waals surface area contributed by atoms with E-state index < -0.39 is 0 Å². The van der Waals surface area contributed by atoms with E-state index in [1.165, 1.54) is 12.0 Å². The Labute approximate surface area is 86.9 Å². The van der Waals surface area contributed by atoms with Crippen LogP contribution in [0.15, 0.2) is 28.7 Å². The summed E-state index contributed by atoms with van der Waals surface area (Å²) in [6.45, 7) is 0.362. The second-order valence-electron chi connectivity index (χ2n) is 3.77. The van der Waals surface area contributed by atoms with Crippen LogP contribution in [0.1, 0.15) is 12.0 Å². The van der Waals surface area contributed by atoms with Gasteiger partial charge >= 0.3 is 0 Å². The number of rotatable bonds is 3. The van der Waals surface area contributed by atoms with Crippen LogP contribution in [0.5, 0.6) is 0 Å². The largest absolute Gasteiger partial charge is 0.396 e. The topological polar surface area (TPSA) is 20.2 Å². The van der Waals surface area contributed by atoms with Crippen molar-refractivity contribution in [2.75, 3.05) is 6.61 Å². The lowest BCUT2D eigenvalue weighted by Gasteiger charge is -1.99. The Morgan fingerprint density at radius 1 is 1.23 bits per heavy atom. The predicted molar refractivity (Wildman–Crippen MR) is 56.5 cm³/mol. The van der Waals surface area contributed by atoms with Crippen molar-refractivity contribution in [3.05, 3.63) is 34.3 Å². The Hall–Kier alpha value is -0.340. The van der Waals surface area contributed by atoms with Gasteiger partial charge in [-0.25, -0.2) is 0 Å². The van der Waals surface area contributed by atoms with Crippen molar-refractivity contribution >= 4 is 15.9 Å². The number of halogens is 1. The van der Waals surface area contributed by atoms with Crippen molar-refractivity contribution in [2.24, 2.45) is 11.8 Å². The summed E-state index contributed by atoms with van der Waals surface area (Å²) < 4.78 is 1.13. The van der Waals surface area contributed by atoms with Gasteiger partial charge in [-0.05, 0) is 42.4 Å². The molecule has 0 amide bonds. The summed E-state index contributed by atoms with van der Waals surface area (Å²) in [7, 11) is 0. The van der Waals surface area contributed by atoms with Crippen LogP contribution in [0.4, 0.5) is 0 Å². The van der Waals surface area contributed by atoms with Crippen molar-refractivity contribution < 1.29 is 5.11 Å². The molecule has 2 heteroatoms. The minimum absolute atomic E-state index is 0.362. The van der Waals surface area contributed by atoms with E-state index in [1.807, 2.05) is 0 Å². The number of benzene rings is 1. The van der Waals surface area contributed by atoms with Crippen molar-refractivity contribution in [1.29, 1.82) is 0 Å². The number of hydrogen-bond acceptors (Lipinski definition) is 1. The van der Waals surface area contributed by atoms with Gasteiger partial charge in [-0.1, -0.05) is 28.1 Å². The van der Waals surface area contributed by atoms with Crippen LogP contribution in [0.3, 0.4) is 0 Å². The maximum Gasteiger partial charge on any atom is 0.0462 e. The summed E-state index contributed by atoms with van der Waals surface area (Å²) >= 11 is 3.41. The first-order chi connectivity index (χ1) is 6.29. The zero-order valence-electron chi connectivity index (χ0n) is 7.41. The highest BCUT2D eigenvalue weighted by Crippen LogP contribution is 2.40. The molecule has 1 aliphatic carbocycles. The van der Waals surface area contributed by atoms with Gasteiger partial charge in [-0.2, -0.15) is 0 Å².